The van der Waals surface area contributed by atoms with E-state index in [2.05, 4.69) is 36.0 Å². The molecule has 1 aromatic carbocycles. The molecule has 0 aromatic heterocycles. The molecule has 0 spiro atoms. The van der Waals surface area contributed by atoms with Crippen LogP contribution in [-0.2, 0) is 6.42 Å². The van der Waals surface area contributed by atoms with E-state index in [1.807, 2.05) is 38.1 Å². The van der Waals surface area contributed by atoms with Gasteiger partial charge in [-0.05, 0) is 65.3 Å². The molecule has 0 unspecified atom stereocenters. The largest absolute Gasteiger partial charge is 0.390 e. The lowest BCUT2D eigenvalue weighted by molar-refractivity contribution is 0.0714. The summed E-state index contributed by atoms with van der Waals surface area (Å²) in [5.41, 5.74) is 0.792. The van der Waals surface area contributed by atoms with Gasteiger partial charge in [-0.3, -0.25) is 9.69 Å². The minimum absolute atomic E-state index is 0.0331. The molecule has 0 bridgehead atoms. The molecule has 1 amide bonds. The number of aryl methyl sites for hydroxylation is 1. The molecule has 146 valence electrons. The number of rotatable bonds is 7. The van der Waals surface area contributed by atoms with Crippen molar-refractivity contribution < 1.29 is 9.90 Å². The lowest BCUT2D eigenvalue weighted by atomic mass is 9.97. The number of hydrogen-bond acceptors (Lipinski definition) is 4. The number of carbonyl (C=O) groups is 1. The zero-order valence-electron chi connectivity index (χ0n) is 17.0. The van der Waals surface area contributed by atoms with Gasteiger partial charge in [-0.2, -0.15) is 0 Å². The maximum atomic E-state index is 12.7. The van der Waals surface area contributed by atoms with Gasteiger partial charge in [-0.25, -0.2) is 0 Å². The van der Waals surface area contributed by atoms with E-state index in [1.54, 1.807) is 0 Å². The van der Waals surface area contributed by atoms with E-state index in [-0.39, 0.29) is 11.4 Å². The smallest absolute Gasteiger partial charge is 0.251 e. The second-order valence-corrected chi connectivity index (χ2v) is 8.93. The molecule has 1 aromatic rings. The number of hydrogen-bond donors (Lipinski definition) is 2. The van der Waals surface area contributed by atoms with Crippen molar-refractivity contribution >= 4 is 5.91 Å². The third-order valence-corrected chi connectivity index (χ3v) is 4.88. The summed E-state index contributed by atoms with van der Waals surface area (Å²) in [5, 5.41) is 13.1. The van der Waals surface area contributed by atoms with Crippen molar-refractivity contribution in [1.82, 2.24) is 15.1 Å². The van der Waals surface area contributed by atoms with Gasteiger partial charge in [0.2, 0.25) is 0 Å². The summed E-state index contributed by atoms with van der Waals surface area (Å²) in [5.74, 6) is -0.0331. The van der Waals surface area contributed by atoms with Gasteiger partial charge in [0.15, 0.2) is 0 Å². The van der Waals surface area contributed by atoms with Crippen LogP contribution < -0.4 is 5.32 Å². The first-order valence-corrected chi connectivity index (χ1v) is 9.59. The first-order valence-electron chi connectivity index (χ1n) is 9.59. The third-order valence-electron chi connectivity index (χ3n) is 4.88. The fourth-order valence-corrected chi connectivity index (χ4v) is 3.30. The molecule has 5 heteroatoms. The zero-order valence-corrected chi connectivity index (χ0v) is 17.0. The second kappa shape index (κ2) is 8.51. The summed E-state index contributed by atoms with van der Waals surface area (Å²) < 4.78 is 0. The number of nitrogens with one attached hydrogen (secondary N) is 1. The lowest BCUT2D eigenvalue weighted by Gasteiger charge is -2.38. The van der Waals surface area contributed by atoms with Gasteiger partial charge < -0.3 is 15.3 Å². The molecule has 26 heavy (non-hydrogen) atoms. The first kappa shape index (κ1) is 20.9. The Labute approximate surface area is 158 Å². The van der Waals surface area contributed by atoms with Gasteiger partial charge in [0.05, 0.1) is 5.60 Å². The molecule has 0 atom stereocenters. The number of nitrogens with zero attached hydrogens (tertiary/aromatic N) is 2. The molecule has 1 heterocycles. The Morgan fingerprint density at radius 3 is 2.42 bits per heavy atom. The highest BCUT2D eigenvalue weighted by molar-refractivity contribution is 5.94. The summed E-state index contributed by atoms with van der Waals surface area (Å²) in [4.78, 5) is 17.5. The molecule has 1 saturated heterocycles. The summed E-state index contributed by atoms with van der Waals surface area (Å²) in [6.07, 6.45) is 1.43. The maximum Gasteiger partial charge on any atom is 0.251 e. The van der Waals surface area contributed by atoms with E-state index in [1.165, 1.54) is 0 Å². The zero-order chi connectivity index (χ0) is 19.4. The molecule has 2 rings (SSSR count). The maximum absolute atomic E-state index is 12.7. The Bertz CT molecular complexity index is 600. The van der Waals surface area contributed by atoms with Gasteiger partial charge in [-0.15, -0.1) is 0 Å². The van der Waals surface area contributed by atoms with Crippen molar-refractivity contribution in [3.63, 3.8) is 0 Å². The van der Waals surface area contributed by atoms with E-state index in [0.717, 1.165) is 44.7 Å². The second-order valence-electron chi connectivity index (χ2n) is 8.93. The SMILES string of the molecule is CN1CCN(CC(C)(C)NC(=O)c2cccc(CCC(C)(C)O)c2)CC1. The highest BCUT2D eigenvalue weighted by Crippen LogP contribution is 2.15. The van der Waals surface area contributed by atoms with E-state index < -0.39 is 5.60 Å². The van der Waals surface area contributed by atoms with E-state index in [4.69, 9.17) is 0 Å². The molecule has 1 fully saturated rings. The third kappa shape index (κ3) is 7.06. The van der Waals surface area contributed by atoms with Crippen molar-refractivity contribution in [2.24, 2.45) is 0 Å². The van der Waals surface area contributed by atoms with Gasteiger partial charge >= 0.3 is 0 Å². The van der Waals surface area contributed by atoms with E-state index in [0.29, 0.717) is 12.0 Å². The molecule has 1 aliphatic rings. The molecule has 0 radical (unpaired) electrons. The molecule has 5 nitrogen and oxygen atoms in total. The van der Waals surface area contributed by atoms with Crippen molar-refractivity contribution in [1.29, 1.82) is 0 Å². The Hall–Kier alpha value is -1.43. The number of benzene rings is 1. The highest BCUT2D eigenvalue weighted by atomic mass is 16.3. The monoisotopic (exact) mass is 361 g/mol. The molecule has 0 aliphatic carbocycles. The highest BCUT2D eigenvalue weighted by Gasteiger charge is 2.26. The Balaban J connectivity index is 1.93. The van der Waals surface area contributed by atoms with Gasteiger partial charge in [0.25, 0.3) is 5.91 Å². The van der Waals surface area contributed by atoms with Crippen molar-refractivity contribution in [3.05, 3.63) is 35.4 Å². The van der Waals surface area contributed by atoms with Crippen LogP contribution in [0.2, 0.25) is 0 Å². The minimum atomic E-state index is -0.692. The molecule has 0 saturated carbocycles. The molecular weight excluding hydrogens is 326 g/mol. The van der Waals surface area contributed by atoms with Gasteiger partial charge in [-0.1, -0.05) is 12.1 Å². The van der Waals surface area contributed by atoms with Crippen LogP contribution in [0.4, 0.5) is 0 Å². The van der Waals surface area contributed by atoms with Crippen LogP contribution in [0.5, 0.6) is 0 Å². The molecule has 1 aliphatic heterocycles. The fraction of sp³-hybridized carbons (Fsp3) is 0.667. The lowest BCUT2D eigenvalue weighted by Crippen LogP contribution is -2.55. The number of piperazine rings is 1. The average Bonchev–Trinajstić information content (AvgIpc) is 2.54. The van der Waals surface area contributed by atoms with Crippen LogP contribution in [0.3, 0.4) is 0 Å². The number of likely N-dealkylation sites (N-methyl/N-ethyl adjacent to an activating group) is 1. The van der Waals surface area contributed by atoms with Crippen LogP contribution in [0, 0.1) is 0 Å². The molecule has 2 N–H and O–H groups in total. The Morgan fingerprint density at radius 1 is 1.15 bits per heavy atom. The first-order chi connectivity index (χ1) is 12.0. The van der Waals surface area contributed by atoms with Gasteiger partial charge in [0, 0.05) is 43.8 Å². The van der Waals surface area contributed by atoms with Crippen molar-refractivity contribution in [2.45, 2.75) is 51.7 Å². The normalized spacial score (nSPS) is 17.3. The van der Waals surface area contributed by atoms with Crippen LogP contribution >= 0.6 is 0 Å². The number of carbonyl (C=O) groups excluding carboxylic acids is 1. The van der Waals surface area contributed by atoms with Crippen molar-refractivity contribution in [2.75, 3.05) is 39.8 Å². The summed E-state index contributed by atoms with van der Waals surface area (Å²) in [6.45, 7) is 12.9. The van der Waals surface area contributed by atoms with E-state index >= 15 is 0 Å². The minimum Gasteiger partial charge on any atom is -0.390 e. The fourth-order valence-electron chi connectivity index (χ4n) is 3.30. The predicted molar refractivity (Wildman–Crippen MR) is 107 cm³/mol. The van der Waals surface area contributed by atoms with Crippen LogP contribution in [0.25, 0.3) is 0 Å². The van der Waals surface area contributed by atoms with E-state index in [9.17, 15) is 9.90 Å². The molecular formula is C21H35N3O2. The quantitative estimate of drug-likeness (QED) is 0.781. The number of amides is 1. The predicted octanol–water partition coefficient (Wildman–Crippen LogP) is 2.15. The number of aliphatic hydroxyl groups is 1. The summed E-state index contributed by atoms with van der Waals surface area (Å²) >= 11 is 0. The Kier molecular flexibility index (Phi) is 6.83. The standard InChI is InChI=1S/C21H35N3O2/c1-20(2,16-24-13-11-23(5)12-14-24)22-19(25)18-8-6-7-17(15-18)9-10-21(3,4)26/h6-8,15,26H,9-14,16H2,1-5H3,(H,22,25). The van der Waals surface area contributed by atoms with Crippen LogP contribution in [0.1, 0.15) is 50.0 Å². The summed E-state index contributed by atoms with van der Waals surface area (Å²) in [7, 11) is 2.15. The van der Waals surface area contributed by atoms with Crippen LogP contribution in [0.15, 0.2) is 24.3 Å². The Morgan fingerprint density at radius 2 is 1.81 bits per heavy atom. The van der Waals surface area contributed by atoms with Crippen molar-refractivity contribution in [3.8, 4) is 0 Å². The van der Waals surface area contributed by atoms with Gasteiger partial charge in [0.1, 0.15) is 0 Å². The average molecular weight is 362 g/mol. The van der Waals surface area contributed by atoms with Crippen LogP contribution in [-0.4, -0.2) is 71.7 Å². The topological polar surface area (TPSA) is 55.8 Å². The summed E-state index contributed by atoms with van der Waals surface area (Å²) in [6, 6.07) is 7.72.